The Kier molecular flexibility index (Phi) is 3.55. The van der Waals surface area contributed by atoms with Crippen LogP contribution in [0.3, 0.4) is 0 Å². The van der Waals surface area contributed by atoms with Crippen LogP contribution in [-0.4, -0.2) is 33.4 Å². The zero-order chi connectivity index (χ0) is 20.6. The number of benzene rings is 3. The van der Waals surface area contributed by atoms with Gasteiger partial charge in [-0.1, -0.05) is 0 Å². The van der Waals surface area contributed by atoms with Crippen LogP contribution in [0.25, 0.3) is 21.5 Å². The third kappa shape index (κ3) is 2.14. The fraction of sp³-hybridized carbons (Fsp3) is 0.0667. The predicted octanol–water partition coefficient (Wildman–Crippen LogP) is -1.31. The molecular formula is C15H8O11S. The summed E-state index contributed by atoms with van der Waals surface area (Å²) in [4.78, 5) is 46.4. The van der Waals surface area contributed by atoms with Crippen LogP contribution >= 0.6 is 0 Å². The van der Waals surface area contributed by atoms with Crippen molar-refractivity contribution in [1.82, 2.24) is 0 Å². The summed E-state index contributed by atoms with van der Waals surface area (Å²) < 4.78 is 31.7. The maximum atomic E-state index is 12.2. The summed E-state index contributed by atoms with van der Waals surface area (Å²) in [5.74, 6) is -5.15. The maximum absolute atomic E-state index is 12.2. The molecule has 27 heavy (non-hydrogen) atoms. The van der Waals surface area contributed by atoms with Gasteiger partial charge in [0.1, 0.15) is 17.2 Å². The van der Waals surface area contributed by atoms with E-state index in [1.165, 1.54) is 0 Å². The second-order valence-corrected chi connectivity index (χ2v) is 7.00. The van der Waals surface area contributed by atoms with Crippen LogP contribution in [0, 0.1) is 6.92 Å². The molecule has 11 nitrogen and oxygen atoms in total. The van der Waals surface area contributed by atoms with E-state index in [1.54, 1.807) is 0 Å². The van der Waals surface area contributed by atoms with E-state index in [9.17, 15) is 48.0 Å². The van der Waals surface area contributed by atoms with Crippen molar-refractivity contribution in [3.8, 4) is 23.0 Å². The van der Waals surface area contributed by atoms with Gasteiger partial charge in [-0.2, -0.15) is 8.42 Å². The van der Waals surface area contributed by atoms with E-state index in [4.69, 9.17) is 4.55 Å². The molecule has 140 valence electrons. The Bertz CT molecular complexity index is 1510. The Morgan fingerprint density at radius 2 is 1.00 bits per heavy atom. The fourth-order valence-electron chi connectivity index (χ4n) is 2.88. The summed E-state index contributed by atoms with van der Waals surface area (Å²) in [5, 5.41) is 36.6. The number of aromatic hydroxyl groups is 4. The molecule has 0 heterocycles. The Hall–Kier alpha value is -3.51. The summed E-state index contributed by atoms with van der Waals surface area (Å²) in [6, 6.07) is 0. The largest absolute Gasteiger partial charge is 0.507 e. The molecule has 5 N–H and O–H groups in total. The third-order valence-corrected chi connectivity index (χ3v) is 5.06. The van der Waals surface area contributed by atoms with E-state index < -0.39 is 86.8 Å². The van der Waals surface area contributed by atoms with E-state index >= 15 is 0 Å². The predicted molar refractivity (Wildman–Crippen MR) is 90.1 cm³/mol. The molecule has 0 radical (unpaired) electrons. The van der Waals surface area contributed by atoms with Crippen LogP contribution in [0.15, 0.2) is 24.1 Å². The average molecular weight is 396 g/mol. The smallest absolute Gasteiger partial charge is 0.302 e. The Labute approximate surface area is 147 Å². The number of hydrogen-bond donors (Lipinski definition) is 5. The third-order valence-electron chi connectivity index (χ3n) is 4.16. The minimum absolute atomic E-state index is 0.518. The van der Waals surface area contributed by atoms with Gasteiger partial charge in [0, 0.05) is 5.56 Å². The zero-order valence-electron chi connectivity index (χ0n) is 13.1. The molecule has 3 aromatic rings. The lowest BCUT2D eigenvalue weighted by Gasteiger charge is -2.12. The molecule has 0 unspecified atom stereocenters. The standard InChI is InChI=1S/C15H8O11S/c1-2-7(16)3-4(11(20)8(2)17)10(19)6-5(9(3)18)12(21)14(23)15(13(6)22)27(24,25)26/h16,18-19,22H,1H3,(H,24,25,26). The highest BCUT2D eigenvalue weighted by Crippen LogP contribution is 2.46. The van der Waals surface area contributed by atoms with Gasteiger partial charge in [0.15, 0.2) is 10.6 Å². The molecule has 3 aromatic carbocycles. The summed E-state index contributed by atoms with van der Waals surface area (Å²) in [5.41, 5.74) is -6.89. The van der Waals surface area contributed by atoms with Crippen molar-refractivity contribution in [2.24, 2.45) is 0 Å². The molecule has 0 saturated heterocycles. The molecule has 0 spiro atoms. The molecule has 0 saturated carbocycles. The van der Waals surface area contributed by atoms with Crippen molar-refractivity contribution in [3.63, 3.8) is 0 Å². The number of rotatable bonds is 1. The van der Waals surface area contributed by atoms with Crippen LogP contribution < -0.4 is 21.7 Å². The van der Waals surface area contributed by atoms with E-state index in [2.05, 4.69) is 0 Å². The van der Waals surface area contributed by atoms with Gasteiger partial charge in [0.2, 0.25) is 16.3 Å². The lowest BCUT2D eigenvalue weighted by molar-refractivity contribution is 0.438. The van der Waals surface area contributed by atoms with E-state index in [0.29, 0.717) is 0 Å². The molecule has 3 rings (SSSR count). The van der Waals surface area contributed by atoms with Crippen LogP contribution in [0.2, 0.25) is 0 Å². The molecule has 0 fully saturated rings. The highest BCUT2D eigenvalue weighted by Gasteiger charge is 2.32. The SMILES string of the molecule is Cc1c(O)c2c(O)c3c(=O)c(=O)c(S(=O)(=O)O)c(O)c3c(O)c2c(=O)c1=O. The number of phenolic OH excluding ortho intramolecular Hbond substituents is 4. The second-order valence-electron chi connectivity index (χ2n) is 5.64. The van der Waals surface area contributed by atoms with Crippen molar-refractivity contribution in [3.05, 3.63) is 46.5 Å². The summed E-state index contributed by atoms with van der Waals surface area (Å²) >= 11 is 0. The van der Waals surface area contributed by atoms with Gasteiger partial charge in [-0.3, -0.25) is 23.7 Å². The molecule has 12 heteroatoms. The molecule has 0 bridgehead atoms. The monoisotopic (exact) mass is 396 g/mol. The van der Waals surface area contributed by atoms with Crippen molar-refractivity contribution in [2.75, 3.05) is 0 Å². The van der Waals surface area contributed by atoms with Crippen molar-refractivity contribution in [1.29, 1.82) is 0 Å². The minimum atomic E-state index is -5.44. The van der Waals surface area contributed by atoms with Crippen LogP contribution in [0.4, 0.5) is 0 Å². The number of phenols is 4. The normalized spacial score (nSPS) is 12.1. The topological polar surface area (TPSA) is 204 Å². The number of fused-ring (bicyclic) bond motifs is 2. The van der Waals surface area contributed by atoms with Gasteiger partial charge in [-0.25, -0.2) is 0 Å². The van der Waals surface area contributed by atoms with Gasteiger partial charge in [0.25, 0.3) is 5.43 Å². The van der Waals surface area contributed by atoms with Gasteiger partial charge in [-0.15, -0.1) is 0 Å². The van der Waals surface area contributed by atoms with Gasteiger partial charge in [0.05, 0.1) is 21.5 Å². The van der Waals surface area contributed by atoms with Gasteiger partial charge < -0.3 is 20.4 Å². The highest BCUT2D eigenvalue weighted by molar-refractivity contribution is 7.86. The first kappa shape index (κ1) is 18.3. The Morgan fingerprint density at radius 3 is 1.44 bits per heavy atom. The van der Waals surface area contributed by atoms with Gasteiger partial charge >= 0.3 is 10.1 Å². The second kappa shape index (κ2) is 5.25. The van der Waals surface area contributed by atoms with Crippen LogP contribution in [0.5, 0.6) is 23.0 Å². The van der Waals surface area contributed by atoms with E-state index in [0.717, 1.165) is 6.92 Å². The first-order chi connectivity index (χ1) is 12.3. The Balaban J connectivity index is 2.93. The molecule has 0 atom stereocenters. The number of hydrogen-bond acceptors (Lipinski definition) is 10. The first-order valence-electron chi connectivity index (χ1n) is 6.93. The molecule has 0 aliphatic rings. The maximum Gasteiger partial charge on any atom is 0.302 e. The molecule has 0 aliphatic heterocycles. The summed E-state index contributed by atoms with van der Waals surface area (Å²) in [6.45, 7) is 1.02. The molecule has 0 aliphatic carbocycles. The van der Waals surface area contributed by atoms with Crippen LogP contribution in [0.1, 0.15) is 5.56 Å². The average Bonchev–Trinajstić information content (AvgIpc) is 2.56. The van der Waals surface area contributed by atoms with Gasteiger partial charge in [-0.05, 0) is 6.92 Å². The molecular weight excluding hydrogens is 388 g/mol. The fourth-order valence-corrected chi connectivity index (χ4v) is 3.56. The van der Waals surface area contributed by atoms with E-state index in [-0.39, 0.29) is 0 Å². The quantitative estimate of drug-likeness (QED) is 0.141. The lowest BCUT2D eigenvalue weighted by atomic mass is 9.96. The first-order valence-corrected chi connectivity index (χ1v) is 8.37. The summed E-state index contributed by atoms with van der Waals surface area (Å²) in [7, 11) is -5.44. The van der Waals surface area contributed by atoms with Crippen molar-refractivity contribution < 1.29 is 33.4 Å². The molecule has 0 aromatic heterocycles. The molecule has 0 amide bonds. The van der Waals surface area contributed by atoms with E-state index in [1.807, 2.05) is 0 Å². The minimum Gasteiger partial charge on any atom is -0.507 e. The lowest BCUT2D eigenvalue weighted by Crippen LogP contribution is -2.30. The Morgan fingerprint density at radius 1 is 0.593 bits per heavy atom. The highest BCUT2D eigenvalue weighted by atomic mass is 32.2. The van der Waals surface area contributed by atoms with Crippen LogP contribution in [-0.2, 0) is 10.1 Å². The van der Waals surface area contributed by atoms with Crippen molar-refractivity contribution >= 4 is 31.7 Å². The zero-order valence-corrected chi connectivity index (χ0v) is 13.9. The van der Waals surface area contributed by atoms with Crippen molar-refractivity contribution in [2.45, 2.75) is 11.8 Å². The summed E-state index contributed by atoms with van der Waals surface area (Å²) in [6.07, 6.45) is 0.